The van der Waals surface area contributed by atoms with E-state index in [0.717, 1.165) is 24.3 Å². The smallest absolute Gasteiger partial charge is 0.260 e. The van der Waals surface area contributed by atoms with Crippen LogP contribution in [0.2, 0.25) is 0 Å². The second kappa shape index (κ2) is 6.50. The van der Waals surface area contributed by atoms with Crippen LogP contribution < -0.4 is 9.80 Å². The standard InChI is InChI=1S/C20H20N6O/c27-20(16-8-1-2-9-17(16)26-14-21-22-23-26)25-13-15-7-5-6-12-24(15)18-10-3-4-11-19(18)25/h1-4,8-11,14-15H,5-7,12-13H2. The molecule has 1 fully saturated rings. The molecule has 1 amide bonds. The van der Waals surface area contributed by atoms with Crippen molar-refractivity contribution in [2.45, 2.75) is 25.3 Å². The van der Waals surface area contributed by atoms with Crippen LogP contribution in [0.1, 0.15) is 29.6 Å². The molecule has 1 saturated heterocycles. The van der Waals surface area contributed by atoms with Gasteiger partial charge in [-0.1, -0.05) is 24.3 Å². The highest BCUT2D eigenvalue weighted by atomic mass is 16.2. The third kappa shape index (κ3) is 2.66. The molecule has 0 spiro atoms. The number of amides is 1. The summed E-state index contributed by atoms with van der Waals surface area (Å²) in [7, 11) is 0. The Bertz CT molecular complexity index is 970. The molecule has 136 valence electrons. The minimum Gasteiger partial charge on any atom is -0.365 e. The molecule has 2 aromatic carbocycles. The average Bonchev–Trinajstić information content (AvgIpc) is 3.27. The number of fused-ring (bicyclic) bond motifs is 3. The molecule has 0 N–H and O–H groups in total. The molecule has 1 aromatic heterocycles. The fourth-order valence-corrected chi connectivity index (χ4v) is 4.22. The summed E-state index contributed by atoms with van der Waals surface area (Å²) in [5.74, 6) is -0.0150. The Morgan fingerprint density at radius 3 is 2.56 bits per heavy atom. The Morgan fingerprint density at radius 2 is 1.74 bits per heavy atom. The van der Waals surface area contributed by atoms with Crippen molar-refractivity contribution in [2.75, 3.05) is 22.9 Å². The van der Waals surface area contributed by atoms with Crippen molar-refractivity contribution in [1.29, 1.82) is 0 Å². The van der Waals surface area contributed by atoms with Crippen LogP contribution in [-0.4, -0.2) is 45.2 Å². The number of aromatic nitrogens is 4. The minimum atomic E-state index is -0.0150. The number of piperidine rings is 1. The van der Waals surface area contributed by atoms with Gasteiger partial charge in [0, 0.05) is 19.1 Å². The van der Waals surface area contributed by atoms with Gasteiger partial charge in [0.05, 0.1) is 22.6 Å². The van der Waals surface area contributed by atoms with Gasteiger partial charge in [-0.15, -0.1) is 5.10 Å². The second-order valence-corrected chi connectivity index (χ2v) is 7.02. The van der Waals surface area contributed by atoms with Crippen molar-refractivity contribution in [1.82, 2.24) is 20.2 Å². The molecule has 27 heavy (non-hydrogen) atoms. The van der Waals surface area contributed by atoms with Crippen molar-refractivity contribution in [2.24, 2.45) is 0 Å². The van der Waals surface area contributed by atoms with E-state index >= 15 is 0 Å². The molecule has 1 atom stereocenters. The van der Waals surface area contributed by atoms with Gasteiger partial charge in [0.1, 0.15) is 6.33 Å². The first-order valence-corrected chi connectivity index (χ1v) is 9.33. The molecule has 7 heteroatoms. The van der Waals surface area contributed by atoms with E-state index in [0.29, 0.717) is 23.8 Å². The lowest BCUT2D eigenvalue weighted by atomic mass is 9.96. The van der Waals surface area contributed by atoms with Crippen LogP contribution >= 0.6 is 0 Å². The van der Waals surface area contributed by atoms with Crippen LogP contribution in [-0.2, 0) is 0 Å². The van der Waals surface area contributed by atoms with E-state index in [-0.39, 0.29) is 5.91 Å². The topological polar surface area (TPSA) is 67.2 Å². The lowest BCUT2D eigenvalue weighted by Crippen LogP contribution is -2.53. The molecule has 7 nitrogen and oxygen atoms in total. The van der Waals surface area contributed by atoms with Crippen LogP contribution in [0.3, 0.4) is 0 Å². The van der Waals surface area contributed by atoms with E-state index < -0.39 is 0 Å². The first-order chi connectivity index (χ1) is 13.3. The Morgan fingerprint density at radius 1 is 0.963 bits per heavy atom. The van der Waals surface area contributed by atoms with E-state index in [1.807, 2.05) is 47.4 Å². The van der Waals surface area contributed by atoms with Crippen LogP contribution in [0.4, 0.5) is 11.4 Å². The van der Waals surface area contributed by atoms with Crippen LogP contribution in [0, 0.1) is 0 Å². The number of nitrogens with zero attached hydrogens (tertiary/aromatic N) is 6. The maximum atomic E-state index is 13.6. The van der Waals surface area contributed by atoms with Gasteiger partial charge in [0.2, 0.25) is 0 Å². The molecule has 5 rings (SSSR count). The molecule has 3 aromatic rings. The largest absolute Gasteiger partial charge is 0.365 e. The lowest BCUT2D eigenvalue weighted by Gasteiger charge is -2.46. The zero-order valence-electron chi connectivity index (χ0n) is 14.9. The summed E-state index contributed by atoms with van der Waals surface area (Å²) in [4.78, 5) is 18.0. The number of hydrogen-bond acceptors (Lipinski definition) is 5. The molecular formula is C20H20N6O. The Kier molecular flexibility index (Phi) is 3.85. The molecule has 3 heterocycles. The van der Waals surface area contributed by atoms with Crippen molar-refractivity contribution in [3.8, 4) is 5.69 Å². The molecule has 2 aliphatic heterocycles. The quantitative estimate of drug-likeness (QED) is 0.703. The van der Waals surface area contributed by atoms with E-state index in [2.05, 4.69) is 26.5 Å². The summed E-state index contributed by atoms with van der Waals surface area (Å²) in [6.45, 7) is 1.77. The molecule has 0 aliphatic carbocycles. The first-order valence-electron chi connectivity index (χ1n) is 9.33. The highest BCUT2D eigenvalue weighted by Crippen LogP contribution is 2.39. The number of hydrogen-bond donors (Lipinski definition) is 0. The van der Waals surface area contributed by atoms with Gasteiger partial charge >= 0.3 is 0 Å². The number of carbonyl (C=O) groups excluding carboxylic acids is 1. The third-order valence-electron chi connectivity index (χ3n) is 5.48. The zero-order chi connectivity index (χ0) is 18.2. The fraction of sp³-hybridized carbons (Fsp3) is 0.300. The highest BCUT2D eigenvalue weighted by molar-refractivity contribution is 6.10. The van der Waals surface area contributed by atoms with Crippen molar-refractivity contribution in [3.05, 3.63) is 60.4 Å². The van der Waals surface area contributed by atoms with Gasteiger partial charge in [-0.3, -0.25) is 4.79 Å². The normalized spacial score (nSPS) is 18.7. The molecule has 2 aliphatic rings. The van der Waals surface area contributed by atoms with Gasteiger partial charge in [0.25, 0.3) is 5.91 Å². The Balaban J connectivity index is 1.58. The lowest BCUT2D eigenvalue weighted by molar-refractivity contribution is 0.0982. The zero-order valence-corrected chi connectivity index (χ0v) is 14.9. The number of tetrazole rings is 1. The van der Waals surface area contributed by atoms with Gasteiger partial charge < -0.3 is 9.80 Å². The number of para-hydroxylation sites is 3. The van der Waals surface area contributed by atoms with Crippen LogP contribution in [0.5, 0.6) is 0 Å². The van der Waals surface area contributed by atoms with Crippen molar-refractivity contribution >= 4 is 17.3 Å². The number of rotatable bonds is 2. The molecule has 0 radical (unpaired) electrons. The van der Waals surface area contributed by atoms with E-state index in [4.69, 9.17) is 0 Å². The van der Waals surface area contributed by atoms with Crippen molar-refractivity contribution in [3.63, 3.8) is 0 Å². The fourth-order valence-electron chi connectivity index (χ4n) is 4.22. The van der Waals surface area contributed by atoms with Crippen molar-refractivity contribution < 1.29 is 4.79 Å². The van der Waals surface area contributed by atoms with Gasteiger partial charge in [-0.2, -0.15) is 4.68 Å². The average molecular weight is 360 g/mol. The SMILES string of the molecule is O=C(c1ccccc1-n1cnnn1)N1CC2CCCCN2c2ccccc21. The first kappa shape index (κ1) is 16.0. The third-order valence-corrected chi connectivity index (χ3v) is 5.48. The predicted molar refractivity (Wildman–Crippen MR) is 102 cm³/mol. The van der Waals surface area contributed by atoms with E-state index in [1.165, 1.54) is 23.9 Å². The number of benzene rings is 2. The number of anilines is 2. The molecule has 1 unspecified atom stereocenters. The summed E-state index contributed by atoms with van der Waals surface area (Å²) in [5.41, 5.74) is 3.42. The number of carbonyl (C=O) groups is 1. The molecular weight excluding hydrogens is 340 g/mol. The van der Waals surface area contributed by atoms with E-state index in [9.17, 15) is 4.79 Å². The van der Waals surface area contributed by atoms with E-state index in [1.54, 1.807) is 0 Å². The maximum absolute atomic E-state index is 13.6. The highest BCUT2D eigenvalue weighted by Gasteiger charge is 2.35. The predicted octanol–water partition coefficient (Wildman–Crippen LogP) is 2.68. The summed E-state index contributed by atoms with van der Waals surface area (Å²) in [6.07, 6.45) is 5.05. The summed E-state index contributed by atoms with van der Waals surface area (Å²) in [5, 5.41) is 11.4. The minimum absolute atomic E-state index is 0.0150. The van der Waals surface area contributed by atoms with Gasteiger partial charge in [-0.05, 0) is 54.0 Å². The van der Waals surface area contributed by atoms with Crippen LogP contribution in [0.15, 0.2) is 54.9 Å². The van der Waals surface area contributed by atoms with Gasteiger partial charge in [0.15, 0.2) is 0 Å². The summed E-state index contributed by atoms with van der Waals surface area (Å²) < 4.78 is 1.54. The Hall–Kier alpha value is -3.22. The Labute approximate surface area is 157 Å². The summed E-state index contributed by atoms with van der Waals surface area (Å²) >= 11 is 0. The molecule has 0 bridgehead atoms. The maximum Gasteiger partial charge on any atom is 0.260 e. The summed E-state index contributed by atoms with van der Waals surface area (Å²) in [6, 6.07) is 16.1. The molecule has 0 saturated carbocycles. The monoisotopic (exact) mass is 360 g/mol. The second-order valence-electron chi connectivity index (χ2n) is 7.02. The van der Waals surface area contributed by atoms with Gasteiger partial charge in [-0.25, -0.2) is 0 Å². The van der Waals surface area contributed by atoms with Crippen LogP contribution in [0.25, 0.3) is 5.69 Å².